The Balaban J connectivity index is 1.82. The Morgan fingerprint density at radius 1 is 1.36 bits per heavy atom. The molecule has 2 heterocycles. The zero-order valence-corrected chi connectivity index (χ0v) is 16.5. The second-order valence-electron chi connectivity index (χ2n) is 5.97. The van der Waals surface area contributed by atoms with Crippen LogP contribution in [0.5, 0.6) is 5.75 Å². The third-order valence-corrected chi connectivity index (χ3v) is 4.76. The number of benzene rings is 1. The second kappa shape index (κ2) is 9.09. The standard InChI is InChI=1S/C20H21N5O2S/c1-3-27-18-7-6-15(11-17(18)13-25-9-10-28-20(25)21)14(2)23-24-19(26)16-5-4-8-22-12-16/h4-12,21H,3,13H2,1-2H3,(H,24,26)/b21-20?,23-14-. The number of nitrogens with one attached hydrogen (secondary N) is 2. The normalized spacial score (nSPS) is 11.3. The monoisotopic (exact) mass is 395 g/mol. The van der Waals surface area contributed by atoms with Gasteiger partial charge in [0.15, 0.2) is 4.80 Å². The average molecular weight is 395 g/mol. The summed E-state index contributed by atoms with van der Waals surface area (Å²) >= 11 is 1.38. The van der Waals surface area contributed by atoms with E-state index in [9.17, 15) is 4.79 Å². The number of hydrogen-bond donors (Lipinski definition) is 2. The lowest BCUT2D eigenvalue weighted by molar-refractivity contribution is 0.0954. The molecule has 0 aliphatic carbocycles. The van der Waals surface area contributed by atoms with Crippen LogP contribution in [0.3, 0.4) is 0 Å². The summed E-state index contributed by atoms with van der Waals surface area (Å²) in [4.78, 5) is 16.5. The van der Waals surface area contributed by atoms with E-state index in [1.807, 2.05) is 48.2 Å². The first-order valence-corrected chi connectivity index (χ1v) is 9.65. The summed E-state index contributed by atoms with van der Waals surface area (Å²) in [5, 5.41) is 14.1. The minimum atomic E-state index is -0.314. The van der Waals surface area contributed by atoms with Crippen LogP contribution in [0.4, 0.5) is 0 Å². The van der Waals surface area contributed by atoms with Crippen molar-refractivity contribution in [1.29, 1.82) is 5.41 Å². The highest BCUT2D eigenvalue weighted by Gasteiger charge is 2.10. The molecule has 0 unspecified atom stereocenters. The fourth-order valence-corrected chi connectivity index (χ4v) is 3.19. The number of hydrazone groups is 1. The summed E-state index contributed by atoms with van der Waals surface area (Å²) in [6.45, 7) is 4.85. The number of aromatic nitrogens is 2. The lowest BCUT2D eigenvalue weighted by Gasteiger charge is -2.13. The van der Waals surface area contributed by atoms with Gasteiger partial charge in [-0.25, -0.2) is 5.43 Å². The molecule has 0 atom stereocenters. The van der Waals surface area contributed by atoms with E-state index in [0.717, 1.165) is 16.9 Å². The van der Waals surface area contributed by atoms with E-state index in [1.165, 1.54) is 17.5 Å². The quantitative estimate of drug-likeness (QED) is 0.476. The fourth-order valence-electron chi connectivity index (χ4n) is 2.60. The van der Waals surface area contributed by atoms with Crippen LogP contribution >= 0.6 is 11.3 Å². The van der Waals surface area contributed by atoms with Crippen LogP contribution in [0.1, 0.15) is 35.3 Å². The van der Waals surface area contributed by atoms with E-state index in [1.54, 1.807) is 18.3 Å². The summed E-state index contributed by atoms with van der Waals surface area (Å²) in [6, 6.07) is 9.16. The maximum atomic E-state index is 12.1. The van der Waals surface area contributed by atoms with Crippen molar-refractivity contribution >= 4 is 23.0 Å². The van der Waals surface area contributed by atoms with Gasteiger partial charge < -0.3 is 9.30 Å². The molecule has 8 heteroatoms. The summed E-state index contributed by atoms with van der Waals surface area (Å²) in [6.07, 6.45) is 4.98. The molecular formula is C20H21N5O2S. The summed E-state index contributed by atoms with van der Waals surface area (Å²) in [7, 11) is 0. The van der Waals surface area contributed by atoms with E-state index in [-0.39, 0.29) is 5.91 Å². The van der Waals surface area contributed by atoms with Gasteiger partial charge in [-0.3, -0.25) is 15.2 Å². The number of hydrogen-bond acceptors (Lipinski definition) is 6. The molecule has 28 heavy (non-hydrogen) atoms. The predicted octanol–water partition coefficient (Wildman–Crippen LogP) is 3.03. The van der Waals surface area contributed by atoms with Crippen molar-refractivity contribution in [3.05, 3.63) is 75.8 Å². The number of carbonyl (C=O) groups excluding carboxylic acids is 1. The van der Waals surface area contributed by atoms with Crippen molar-refractivity contribution in [3.8, 4) is 5.75 Å². The van der Waals surface area contributed by atoms with E-state index in [2.05, 4.69) is 15.5 Å². The van der Waals surface area contributed by atoms with Crippen molar-refractivity contribution in [2.45, 2.75) is 20.4 Å². The third-order valence-electron chi connectivity index (χ3n) is 4.05. The second-order valence-corrected chi connectivity index (χ2v) is 6.87. The maximum absolute atomic E-state index is 12.1. The van der Waals surface area contributed by atoms with Gasteiger partial charge in [-0.1, -0.05) is 0 Å². The minimum Gasteiger partial charge on any atom is -0.494 e. The number of pyridine rings is 1. The molecule has 2 aromatic heterocycles. The zero-order valence-electron chi connectivity index (χ0n) is 15.7. The molecule has 3 aromatic rings. The Bertz CT molecular complexity index is 1040. The summed E-state index contributed by atoms with van der Waals surface area (Å²) < 4.78 is 7.58. The molecule has 0 saturated heterocycles. The maximum Gasteiger partial charge on any atom is 0.272 e. The Hall–Kier alpha value is -3.26. The van der Waals surface area contributed by atoms with E-state index in [4.69, 9.17) is 10.1 Å². The van der Waals surface area contributed by atoms with Crippen LogP contribution in [-0.4, -0.2) is 27.8 Å². The third kappa shape index (κ3) is 4.72. The number of ether oxygens (including phenoxy) is 1. The molecule has 0 fully saturated rings. The van der Waals surface area contributed by atoms with Gasteiger partial charge in [0.05, 0.1) is 24.4 Å². The van der Waals surface area contributed by atoms with Crippen molar-refractivity contribution < 1.29 is 9.53 Å². The Labute approximate surface area is 166 Å². The molecule has 0 saturated carbocycles. The van der Waals surface area contributed by atoms with Gasteiger partial charge in [-0.15, -0.1) is 11.3 Å². The largest absolute Gasteiger partial charge is 0.494 e. The van der Waals surface area contributed by atoms with Gasteiger partial charge >= 0.3 is 0 Å². The van der Waals surface area contributed by atoms with Gasteiger partial charge in [0.25, 0.3) is 5.91 Å². The lowest BCUT2D eigenvalue weighted by atomic mass is 10.1. The number of rotatable bonds is 7. The zero-order chi connectivity index (χ0) is 19.9. The smallest absolute Gasteiger partial charge is 0.272 e. The fraction of sp³-hybridized carbons (Fsp3) is 0.200. The number of nitrogens with zero attached hydrogens (tertiary/aromatic N) is 3. The average Bonchev–Trinajstić information content (AvgIpc) is 3.12. The van der Waals surface area contributed by atoms with Crippen LogP contribution in [0, 0.1) is 5.41 Å². The van der Waals surface area contributed by atoms with E-state index < -0.39 is 0 Å². The van der Waals surface area contributed by atoms with Crippen molar-refractivity contribution in [2.75, 3.05) is 6.61 Å². The Morgan fingerprint density at radius 2 is 2.21 bits per heavy atom. The molecule has 7 nitrogen and oxygen atoms in total. The highest BCUT2D eigenvalue weighted by atomic mass is 32.1. The topological polar surface area (TPSA) is 92.4 Å². The molecule has 0 spiro atoms. The van der Waals surface area contributed by atoms with Crippen LogP contribution in [0.2, 0.25) is 0 Å². The van der Waals surface area contributed by atoms with E-state index in [0.29, 0.717) is 29.2 Å². The van der Waals surface area contributed by atoms with Crippen molar-refractivity contribution in [2.24, 2.45) is 5.10 Å². The van der Waals surface area contributed by atoms with Crippen LogP contribution in [-0.2, 0) is 6.54 Å². The molecule has 144 valence electrons. The predicted molar refractivity (Wildman–Crippen MR) is 109 cm³/mol. The minimum absolute atomic E-state index is 0.314. The van der Waals surface area contributed by atoms with Gasteiger partial charge in [-0.05, 0) is 49.7 Å². The molecule has 1 amide bonds. The Kier molecular flexibility index (Phi) is 6.33. The number of carbonyl (C=O) groups is 1. The molecule has 3 rings (SSSR count). The van der Waals surface area contributed by atoms with Crippen molar-refractivity contribution in [1.82, 2.24) is 15.0 Å². The first-order chi connectivity index (χ1) is 13.6. The summed E-state index contributed by atoms with van der Waals surface area (Å²) in [5.41, 5.74) is 5.49. The van der Waals surface area contributed by atoms with Gasteiger partial charge in [0, 0.05) is 29.5 Å². The lowest BCUT2D eigenvalue weighted by Crippen LogP contribution is -2.19. The molecule has 0 aliphatic heterocycles. The van der Waals surface area contributed by atoms with Crippen molar-refractivity contribution in [3.63, 3.8) is 0 Å². The highest BCUT2D eigenvalue weighted by Crippen LogP contribution is 2.22. The molecular weight excluding hydrogens is 374 g/mol. The number of amides is 1. The van der Waals surface area contributed by atoms with Gasteiger partial charge in [0.2, 0.25) is 0 Å². The van der Waals surface area contributed by atoms with Gasteiger partial charge in [0.1, 0.15) is 5.75 Å². The van der Waals surface area contributed by atoms with Crippen LogP contribution < -0.4 is 15.0 Å². The summed E-state index contributed by atoms with van der Waals surface area (Å²) in [5.74, 6) is 0.461. The van der Waals surface area contributed by atoms with Gasteiger partial charge in [-0.2, -0.15) is 5.10 Å². The van der Waals surface area contributed by atoms with Crippen LogP contribution in [0.15, 0.2) is 59.4 Å². The Morgan fingerprint density at radius 3 is 2.89 bits per heavy atom. The molecule has 0 aliphatic rings. The van der Waals surface area contributed by atoms with Crippen LogP contribution in [0.25, 0.3) is 0 Å². The molecule has 0 bridgehead atoms. The molecule has 1 aromatic carbocycles. The molecule has 0 radical (unpaired) electrons. The van der Waals surface area contributed by atoms with E-state index >= 15 is 0 Å². The molecule has 2 N–H and O–H groups in total. The first-order valence-electron chi connectivity index (χ1n) is 8.77. The first kappa shape index (κ1) is 19.5. The SMILES string of the molecule is CCOc1ccc(/C(C)=N\NC(=O)c2cccnc2)cc1Cn1ccsc1=N. The highest BCUT2D eigenvalue weighted by molar-refractivity contribution is 7.06. The number of thiazole rings is 1.